The molecule has 0 saturated carbocycles. The summed E-state index contributed by atoms with van der Waals surface area (Å²) in [5.41, 5.74) is 5.54. The molecule has 0 amide bonds. The van der Waals surface area contributed by atoms with Gasteiger partial charge in [0.05, 0.1) is 7.11 Å². The predicted octanol–water partition coefficient (Wildman–Crippen LogP) is 1.75. The van der Waals surface area contributed by atoms with Gasteiger partial charge < -0.3 is 15.6 Å². The fourth-order valence-corrected chi connectivity index (χ4v) is 2.35. The van der Waals surface area contributed by atoms with E-state index >= 15 is 0 Å². The maximum absolute atomic E-state index is 13.0. The van der Waals surface area contributed by atoms with Crippen molar-refractivity contribution in [3.8, 4) is 0 Å². The molecule has 0 bridgehead atoms. The third kappa shape index (κ3) is 3.77. The van der Waals surface area contributed by atoms with Gasteiger partial charge in [-0.1, -0.05) is 25.0 Å². The lowest BCUT2D eigenvalue weighted by molar-refractivity contribution is -0.147. The summed E-state index contributed by atoms with van der Waals surface area (Å²) >= 11 is 0. The van der Waals surface area contributed by atoms with Crippen molar-refractivity contribution in [2.75, 3.05) is 20.3 Å². The first-order chi connectivity index (χ1) is 9.60. The minimum absolute atomic E-state index is 0.102. The molecule has 0 saturated heterocycles. The third-order valence-corrected chi connectivity index (χ3v) is 3.58. The minimum atomic E-state index is -0.947. The molecule has 1 unspecified atom stereocenters. The fraction of sp³-hybridized carbons (Fsp3) is 0.533. The van der Waals surface area contributed by atoms with Crippen LogP contribution >= 0.6 is 0 Å². The van der Waals surface area contributed by atoms with E-state index in [0.717, 1.165) is 12.8 Å². The van der Waals surface area contributed by atoms with Crippen molar-refractivity contribution in [1.82, 2.24) is 0 Å². The van der Waals surface area contributed by atoms with Gasteiger partial charge in [-0.3, -0.25) is 4.79 Å². The molecule has 3 N–H and O–H groups in total. The van der Waals surface area contributed by atoms with Crippen molar-refractivity contribution in [2.45, 2.75) is 31.1 Å². The van der Waals surface area contributed by atoms with Crippen molar-refractivity contribution in [3.05, 3.63) is 35.6 Å². The van der Waals surface area contributed by atoms with Gasteiger partial charge in [0, 0.05) is 13.2 Å². The number of rotatable bonds is 8. The number of halogens is 1. The van der Waals surface area contributed by atoms with Crippen molar-refractivity contribution < 1.29 is 19.0 Å². The number of nitrogens with two attached hydrogens (primary N) is 1. The Balaban J connectivity index is 2.98. The number of aliphatic hydroxyl groups excluding tert-OH is 1. The van der Waals surface area contributed by atoms with E-state index in [1.54, 1.807) is 12.1 Å². The standard InChI is InChI=1S/C15H22FNO3/c1-20-14(19)15(11-17,9-3-2-4-10-18)12-5-7-13(16)8-6-12/h5-8,18H,2-4,9-11,17H2,1H3. The zero-order valence-corrected chi connectivity index (χ0v) is 11.8. The summed E-state index contributed by atoms with van der Waals surface area (Å²) in [6, 6.07) is 5.78. The summed E-state index contributed by atoms with van der Waals surface area (Å²) in [7, 11) is 1.32. The second-order valence-electron chi connectivity index (χ2n) is 4.82. The average Bonchev–Trinajstić information content (AvgIpc) is 2.48. The molecule has 0 aliphatic rings. The van der Waals surface area contributed by atoms with Crippen LogP contribution in [0.4, 0.5) is 4.39 Å². The maximum Gasteiger partial charge on any atom is 0.317 e. The average molecular weight is 283 g/mol. The summed E-state index contributed by atoms with van der Waals surface area (Å²) in [6.07, 6.45) is 2.74. The molecule has 112 valence electrons. The molecule has 1 rings (SSSR count). The van der Waals surface area contributed by atoms with Crippen LogP contribution in [0.25, 0.3) is 0 Å². The first-order valence-corrected chi connectivity index (χ1v) is 6.76. The third-order valence-electron chi connectivity index (χ3n) is 3.58. The van der Waals surface area contributed by atoms with E-state index in [4.69, 9.17) is 15.6 Å². The zero-order valence-electron chi connectivity index (χ0n) is 11.8. The summed E-state index contributed by atoms with van der Waals surface area (Å²) < 4.78 is 17.9. The van der Waals surface area contributed by atoms with Crippen LogP contribution in [0.2, 0.25) is 0 Å². The van der Waals surface area contributed by atoms with E-state index in [2.05, 4.69) is 0 Å². The maximum atomic E-state index is 13.0. The number of esters is 1. The second kappa shape index (κ2) is 7.97. The summed E-state index contributed by atoms with van der Waals surface area (Å²) in [5, 5.41) is 8.80. The van der Waals surface area contributed by atoms with Crippen LogP contribution in [0, 0.1) is 5.82 Å². The van der Waals surface area contributed by atoms with E-state index in [1.807, 2.05) is 0 Å². The first-order valence-electron chi connectivity index (χ1n) is 6.76. The van der Waals surface area contributed by atoms with Crippen LogP contribution in [0.15, 0.2) is 24.3 Å². The monoisotopic (exact) mass is 283 g/mol. The Morgan fingerprint density at radius 2 is 1.95 bits per heavy atom. The minimum Gasteiger partial charge on any atom is -0.468 e. The lowest BCUT2D eigenvalue weighted by Crippen LogP contribution is -2.44. The Morgan fingerprint density at radius 3 is 2.45 bits per heavy atom. The highest BCUT2D eigenvalue weighted by Gasteiger charge is 2.39. The van der Waals surface area contributed by atoms with Crippen LogP contribution in [0.1, 0.15) is 31.2 Å². The summed E-state index contributed by atoms with van der Waals surface area (Å²) in [6.45, 7) is 0.231. The molecule has 0 aliphatic carbocycles. The Kier molecular flexibility index (Phi) is 6.61. The van der Waals surface area contributed by atoms with Crippen LogP contribution in [-0.2, 0) is 14.9 Å². The van der Waals surface area contributed by atoms with Crippen LogP contribution < -0.4 is 5.73 Å². The van der Waals surface area contributed by atoms with Crippen LogP contribution in [0.5, 0.6) is 0 Å². The molecule has 0 spiro atoms. The van der Waals surface area contributed by atoms with Gasteiger partial charge in [0.15, 0.2) is 0 Å². The largest absolute Gasteiger partial charge is 0.468 e. The fourth-order valence-electron chi connectivity index (χ4n) is 2.35. The Labute approximate surface area is 118 Å². The molecule has 0 heterocycles. The van der Waals surface area contributed by atoms with Gasteiger partial charge in [0.1, 0.15) is 11.2 Å². The lowest BCUT2D eigenvalue weighted by atomic mass is 9.76. The number of carbonyl (C=O) groups is 1. The Morgan fingerprint density at radius 1 is 1.30 bits per heavy atom. The van der Waals surface area contributed by atoms with Crippen molar-refractivity contribution in [3.63, 3.8) is 0 Å². The van der Waals surface area contributed by atoms with Crippen molar-refractivity contribution in [1.29, 1.82) is 0 Å². The molecule has 0 radical (unpaired) electrons. The smallest absolute Gasteiger partial charge is 0.317 e. The van der Waals surface area contributed by atoms with Gasteiger partial charge in [0.25, 0.3) is 0 Å². The normalized spacial score (nSPS) is 13.8. The first kappa shape index (κ1) is 16.6. The molecule has 0 aromatic heterocycles. The Bertz CT molecular complexity index is 422. The number of methoxy groups -OCH3 is 1. The van der Waals surface area contributed by atoms with Gasteiger partial charge in [-0.25, -0.2) is 4.39 Å². The van der Waals surface area contributed by atoms with Gasteiger partial charge in [-0.05, 0) is 30.5 Å². The highest BCUT2D eigenvalue weighted by Crippen LogP contribution is 2.31. The number of ether oxygens (including phenoxy) is 1. The molecule has 1 aromatic carbocycles. The number of carbonyl (C=O) groups excluding carboxylic acids is 1. The topological polar surface area (TPSA) is 72.5 Å². The molecule has 0 fully saturated rings. The van der Waals surface area contributed by atoms with Crippen molar-refractivity contribution in [2.24, 2.45) is 5.73 Å². The number of unbranched alkanes of at least 4 members (excludes halogenated alkanes) is 2. The number of aliphatic hydroxyl groups is 1. The number of hydrogen-bond acceptors (Lipinski definition) is 4. The van der Waals surface area contributed by atoms with E-state index in [-0.39, 0.29) is 19.0 Å². The molecule has 20 heavy (non-hydrogen) atoms. The van der Waals surface area contributed by atoms with Crippen LogP contribution in [0.3, 0.4) is 0 Å². The quantitative estimate of drug-likeness (QED) is 0.563. The van der Waals surface area contributed by atoms with Crippen molar-refractivity contribution >= 4 is 5.97 Å². The highest BCUT2D eigenvalue weighted by molar-refractivity contribution is 5.83. The summed E-state index contributed by atoms with van der Waals surface area (Å²) in [5.74, 6) is -0.763. The van der Waals surface area contributed by atoms with Gasteiger partial charge >= 0.3 is 5.97 Å². The zero-order chi connectivity index (χ0) is 15.0. The molecule has 1 atom stereocenters. The molecule has 1 aromatic rings. The van der Waals surface area contributed by atoms with E-state index in [9.17, 15) is 9.18 Å². The molecule has 4 nitrogen and oxygen atoms in total. The SMILES string of the molecule is COC(=O)C(CN)(CCCCCO)c1ccc(F)cc1. The van der Waals surface area contributed by atoms with Gasteiger partial charge in [-0.2, -0.15) is 0 Å². The molecule has 0 aliphatic heterocycles. The van der Waals surface area contributed by atoms with Crippen LogP contribution in [-0.4, -0.2) is 31.3 Å². The van der Waals surface area contributed by atoms with E-state index < -0.39 is 11.4 Å². The van der Waals surface area contributed by atoms with Gasteiger partial charge in [-0.15, -0.1) is 0 Å². The van der Waals surface area contributed by atoms with E-state index in [0.29, 0.717) is 18.4 Å². The number of benzene rings is 1. The Hall–Kier alpha value is -1.46. The lowest BCUT2D eigenvalue weighted by Gasteiger charge is -2.30. The van der Waals surface area contributed by atoms with E-state index in [1.165, 1.54) is 19.2 Å². The molecule has 5 heteroatoms. The highest BCUT2D eigenvalue weighted by atomic mass is 19.1. The number of hydrogen-bond donors (Lipinski definition) is 2. The van der Waals surface area contributed by atoms with Gasteiger partial charge in [0.2, 0.25) is 0 Å². The second-order valence-corrected chi connectivity index (χ2v) is 4.82. The molecular formula is C15H22FNO3. The summed E-state index contributed by atoms with van der Waals surface area (Å²) in [4.78, 5) is 12.2. The molecular weight excluding hydrogens is 261 g/mol. The predicted molar refractivity (Wildman–Crippen MR) is 74.7 cm³/mol.